The third kappa shape index (κ3) is 1.19. The Morgan fingerprint density at radius 3 is 3.23 bits per heavy atom. The predicted molar refractivity (Wildman–Crippen MR) is 48.7 cm³/mol. The van der Waals surface area contributed by atoms with Gasteiger partial charge in [0.2, 0.25) is 0 Å². The summed E-state index contributed by atoms with van der Waals surface area (Å²) in [5.74, 6) is 0.565. The second kappa shape index (κ2) is 2.99. The van der Waals surface area contributed by atoms with Crippen LogP contribution in [-0.2, 0) is 17.6 Å². The molecular weight excluding hydrogens is 188 g/mol. The summed E-state index contributed by atoms with van der Waals surface area (Å²) in [5, 5.41) is 3.45. The average Bonchev–Trinajstić information content (AvgIpc) is 2.50. The predicted octanol–water partition coefficient (Wildman–Crippen LogP) is 0.417. The molecule has 0 saturated heterocycles. The number of hydrogen-bond acceptors (Lipinski definition) is 4. The summed E-state index contributed by atoms with van der Waals surface area (Å²) in [7, 11) is 1.80. The van der Waals surface area contributed by atoms with Crippen LogP contribution >= 0.6 is 11.8 Å². The number of ketones is 1. The molecule has 68 valence electrons. The highest BCUT2D eigenvalue weighted by atomic mass is 32.2. The van der Waals surface area contributed by atoms with Gasteiger partial charge in [-0.15, -0.1) is 11.8 Å². The molecule has 0 spiro atoms. The smallest absolute Gasteiger partial charge is 0.186 e. The number of aryl methyl sites for hydroxylation is 1. The molecule has 0 saturated carbocycles. The number of aromatic nitrogens is 2. The summed E-state index contributed by atoms with van der Waals surface area (Å²) in [6.07, 6.45) is 2.23. The maximum atomic E-state index is 11.6. The van der Waals surface area contributed by atoms with E-state index in [0.717, 1.165) is 5.69 Å². The second-order valence-electron chi connectivity index (χ2n) is 2.86. The molecule has 0 bridgehead atoms. The summed E-state index contributed by atoms with van der Waals surface area (Å²) in [6, 6.07) is 0. The standard InChI is InChI=1S/C8H8N2O2S/c1-10-6-4-13-7(3-11)8(12)5(6)2-9-10/h2-3,7H,4H2,1H3. The Hall–Kier alpha value is -1.10. The molecule has 1 aromatic rings. The first-order valence-electron chi connectivity index (χ1n) is 3.86. The summed E-state index contributed by atoms with van der Waals surface area (Å²) >= 11 is 1.35. The lowest BCUT2D eigenvalue weighted by molar-refractivity contribution is -0.106. The van der Waals surface area contributed by atoms with Crippen molar-refractivity contribution in [2.24, 2.45) is 7.05 Å². The molecule has 1 aromatic heterocycles. The summed E-state index contributed by atoms with van der Waals surface area (Å²) in [6.45, 7) is 0. The van der Waals surface area contributed by atoms with Crippen LogP contribution in [0, 0.1) is 0 Å². The lowest BCUT2D eigenvalue weighted by Gasteiger charge is -2.15. The van der Waals surface area contributed by atoms with Gasteiger partial charge in [0, 0.05) is 12.8 Å². The van der Waals surface area contributed by atoms with Crippen molar-refractivity contribution in [1.82, 2.24) is 9.78 Å². The number of rotatable bonds is 1. The Kier molecular flexibility index (Phi) is 1.95. The van der Waals surface area contributed by atoms with Crippen LogP contribution in [-0.4, -0.2) is 27.1 Å². The van der Waals surface area contributed by atoms with Gasteiger partial charge in [-0.25, -0.2) is 0 Å². The quantitative estimate of drug-likeness (QED) is 0.482. The number of aldehydes is 1. The van der Waals surface area contributed by atoms with Gasteiger partial charge >= 0.3 is 0 Å². The van der Waals surface area contributed by atoms with Crippen LogP contribution in [0.4, 0.5) is 0 Å². The van der Waals surface area contributed by atoms with E-state index in [2.05, 4.69) is 5.10 Å². The molecule has 1 aliphatic rings. The number of carbonyl (C=O) groups excluding carboxylic acids is 2. The van der Waals surface area contributed by atoms with Gasteiger partial charge in [-0.3, -0.25) is 9.48 Å². The molecule has 0 fully saturated rings. The fourth-order valence-electron chi connectivity index (χ4n) is 1.34. The van der Waals surface area contributed by atoms with Crippen molar-refractivity contribution in [3.05, 3.63) is 17.5 Å². The number of fused-ring (bicyclic) bond motifs is 1. The van der Waals surface area contributed by atoms with Gasteiger partial charge in [0.25, 0.3) is 0 Å². The van der Waals surface area contributed by atoms with Gasteiger partial charge in [-0.1, -0.05) is 0 Å². The molecule has 5 heteroatoms. The zero-order valence-electron chi connectivity index (χ0n) is 7.06. The normalized spacial score (nSPS) is 21.3. The zero-order valence-corrected chi connectivity index (χ0v) is 7.87. The van der Waals surface area contributed by atoms with E-state index < -0.39 is 5.25 Å². The topological polar surface area (TPSA) is 52.0 Å². The highest BCUT2D eigenvalue weighted by molar-refractivity contribution is 8.00. The molecule has 1 aliphatic heterocycles. The molecule has 0 aliphatic carbocycles. The van der Waals surface area contributed by atoms with Gasteiger partial charge < -0.3 is 4.79 Å². The average molecular weight is 196 g/mol. The van der Waals surface area contributed by atoms with Crippen molar-refractivity contribution in [1.29, 1.82) is 0 Å². The molecular formula is C8H8N2O2S. The van der Waals surface area contributed by atoms with E-state index in [1.54, 1.807) is 11.7 Å². The first-order valence-corrected chi connectivity index (χ1v) is 4.91. The Balaban J connectivity index is 2.45. The molecule has 4 nitrogen and oxygen atoms in total. The fraction of sp³-hybridized carbons (Fsp3) is 0.375. The van der Waals surface area contributed by atoms with Crippen LogP contribution in [0.15, 0.2) is 6.20 Å². The minimum atomic E-state index is -0.531. The lowest BCUT2D eigenvalue weighted by atomic mass is 10.1. The van der Waals surface area contributed by atoms with E-state index in [9.17, 15) is 9.59 Å². The highest BCUT2D eigenvalue weighted by Crippen LogP contribution is 2.28. The van der Waals surface area contributed by atoms with Gasteiger partial charge in [0.15, 0.2) is 5.78 Å². The summed E-state index contributed by atoms with van der Waals surface area (Å²) in [5.41, 5.74) is 1.51. The van der Waals surface area contributed by atoms with E-state index >= 15 is 0 Å². The number of Topliss-reactive ketones (excluding diaryl/α,β-unsaturated/α-hetero) is 1. The van der Waals surface area contributed by atoms with E-state index in [1.807, 2.05) is 0 Å². The van der Waals surface area contributed by atoms with Crippen LogP contribution in [0.25, 0.3) is 0 Å². The Labute approximate surface area is 79.3 Å². The minimum absolute atomic E-state index is 0.116. The lowest BCUT2D eigenvalue weighted by Crippen LogP contribution is -2.24. The molecule has 0 radical (unpaired) electrons. The number of nitrogens with zero attached hydrogens (tertiary/aromatic N) is 2. The minimum Gasteiger partial charge on any atom is -0.302 e. The Morgan fingerprint density at radius 1 is 1.77 bits per heavy atom. The molecule has 0 amide bonds. The number of carbonyl (C=O) groups is 2. The van der Waals surface area contributed by atoms with Crippen LogP contribution in [0.3, 0.4) is 0 Å². The second-order valence-corrected chi connectivity index (χ2v) is 3.99. The van der Waals surface area contributed by atoms with Crippen LogP contribution in [0.2, 0.25) is 0 Å². The van der Waals surface area contributed by atoms with E-state index in [-0.39, 0.29) is 5.78 Å². The van der Waals surface area contributed by atoms with Gasteiger partial charge in [-0.2, -0.15) is 5.10 Å². The summed E-state index contributed by atoms with van der Waals surface area (Å²) < 4.78 is 1.68. The molecule has 1 atom stereocenters. The van der Waals surface area contributed by atoms with E-state index in [1.165, 1.54) is 18.0 Å². The van der Waals surface area contributed by atoms with Crippen molar-refractivity contribution in [2.75, 3.05) is 0 Å². The van der Waals surface area contributed by atoms with Crippen LogP contribution in [0.1, 0.15) is 16.1 Å². The molecule has 2 rings (SSSR count). The van der Waals surface area contributed by atoms with E-state index in [0.29, 0.717) is 17.6 Å². The van der Waals surface area contributed by atoms with Crippen molar-refractivity contribution in [3.8, 4) is 0 Å². The number of thioether (sulfide) groups is 1. The van der Waals surface area contributed by atoms with Gasteiger partial charge in [0.1, 0.15) is 11.5 Å². The maximum Gasteiger partial charge on any atom is 0.186 e. The van der Waals surface area contributed by atoms with Gasteiger partial charge in [0.05, 0.1) is 17.5 Å². The summed E-state index contributed by atoms with van der Waals surface area (Å²) in [4.78, 5) is 22.1. The molecule has 2 heterocycles. The first-order chi connectivity index (χ1) is 6.24. The molecule has 13 heavy (non-hydrogen) atoms. The van der Waals surface area contributed by atoms with Gasteiger partial charge in [-0.05, 0) is 0 Å². The largest absolute Gasteiger partial charge is 0.302 e. The SMILES string of the molecule is Cn1ncc2c1CSC(C=O)C2=O. The van der Waals surface area contributed by atoms with Crippen molar-refractivity contribution in [3.63, 3.8) is 0 Å². The Morgan fingerprint density at radius 2 is 2.54 bits per heavy atom. The Bertz CT molecular complexity index is 372. The van der Waals surface area contributed by atoms with Crippen molar-refractivity contribution in [2.45, 2.75) is 11.0 Å². The number of hydrogen-bond donors (Lipinski definition) is 0. The van der Waals surface area contributed by atoms with E-state index in [4.69, 9.17) is 0 Å². The monoisotopic (exact) mass is 196 g/mol. The highest BCUT2D eigenvalue weighted by Gasteiger charge is 2.29. The molecule has 0 aromatic carbocycles. The zero-order chi connectivity index (χ0) is 9.42. The van der Waals surface area contributed by atoms with Crippen molar-refractivity contribution < 1.29 is 9.59 Å². The third-order valence-electron chi connectivity index (χ3n) is 2.11. The van der Waals surface area contributed by atoms with Crippen LogP contribution < -0.4 is 0 Å². The molecule has 0 N–H and O–H groups in total. The maximum absolute atomic E-state index is 11.6. The molecule has 1 unspecified atom stereocenters. The van der Waals surface area contributed by atoms with Crippen LogP contribution in [0.5, 0.6) is 0 Å². The third-order valence-corrected chi connectivity index (χ3v) is 3.23. The van der Waals surface area contributed by atoms with Crippen molar-refractivity contribution >= 4 is 23.8 Å². The first kappa shape index (κ1) is 8.50. The fourth-order valence-corrected chi connectivity index (χ4v) is 2.38.